The Morgan fingerprint density at radius 1 is 0.971 bits per heavy atom. The van der Waals surface area contributed by atoms with Crippen molar-refractivity contribution in [2.45, 2.75) is 29.5 Å². The van der Waals surface area contributed by atoms with Gasteiger partial charge in [-0.3, -0.25) is 19.3 Å². The lowest BCUT2D eigenvalue weighted by atomic mass is 9.67. The van der Waals surface area contributed by atoms with Crippen LogP contribution in [0.5, 0.6) is 5.75 Å². The molecule has 3 heterocycles. The van der Waals surface area contributed by atoms with Crippen molar-refractivity contribution >= 4 is 40.6 Å². The molecule has 1 saturated heterocycles. The van der Waals surface area contributed by atoms with Crippen LogP contribution in [0, 0.1) is 36.5 Å². The smallest absolute Gasteiger partial charge is 0.305 e. The molecule has 0 radical (unpaired) electrons. The number of aromatic amines is 1. The molecule has 2 bridgehead atoms. The standard InChI is InChI=1S/C27H24N2O4S2/c1-12-5-3-4-6-15(12)18-19-16-11-17(22(19)34-24-23(18)35-27(32)28-24)21-20(16)25(30)29(26(21)31)13-7-9-14(33-2)10-8-13/h3-10,16-22H,11H2,1-2H3,(H,28,32)/t16-,17-,18?,19?,20?,21?,22?/m1/s1. The monoisotopic (exact) mass is 504 g/mol. The number of ether oxygens (including phenoxy) is 1. The normalized spacial score (nSPS) is 32.5. The minimum absolute atomic E-state index is 0.0357. The van der Waals surface area contributed by atoms with Gasteiger partial charge in [0.05, 0.1) is 29.7 Å². The number of aromatic nitrogens is 1. The Morgan fingerprint density at radius 3 is 2.40 bits per heavy atom. The average Bonchev–Trinajstić information content (AvgIpc) is 3.59. The number of imide groups is 1. The minimum atomic E-state index is -0.291. The number of amides is 2. The van der Waals surface area contributed by atoms with E-state index in [9.17, 15) is 14.4 Å². The van der Waals surface area contributed by atoms with Crippen LogP contribution in [0.4, 0.5) is 5.69 Å². The molecule has 2 amide bonds. The molecule has 2 aromatic carbocycles. The lowest BCUT2D eigenvalue weighted by Crippen LogP contribution is -2.42. The lowest BCUT2D eigenvalue weighted by molar-refractivity contribution is -0.123. The summed E-state index contributed by atoms with van der Waals surface area (Å²) < 4.78 is 5.25. The summed E-state index contributed by atoms with van der Waals surface area (Å²) in [6.45, 7) is 2.12. The molecule has 178 valence electrons. The van der Waals surface area contributed by atoms with Crippen LogP contribution in [0.3, 0.4) is 0 Å². The van der Waals surface area contributed by atoms with Crippen LogP contribution < -0.4 is 14.5 Å². The summed E-state index contributed by atoms with van der Waals surface area (Å²) in [4.78, 5) is 45.4. The zero-order valence-corrected chi connectivity index (χ0v) is 20.9. The molecule has 2 saturated carbocycles. The summed E-state index contributed by atoms with van der Waals surface area (Å²) >= 11 is 3.03. The number of carbonyl (C=O) groups is 2. The van der Waals surface area contributed by atoms with E-state index in [2.05, 4.69) is 30.1 Å². The van der Waals surface area contributed by atoms with Gasteiger partial charge in [-0.15, -0.1) is 11.8 Å². The number of aryl methyl sites for hydroxylation is 1. The Hall–Kier alpha value is -2.84. The molecule has 3 aromatic rings. The van der Waals surface area contributed by atoms with E-state index in [0.29, 0.717) is 11.4 Å². The second-order valence-electron chi connectivity index (χ2n) is 10.0. The highest BCUT2D eigenvalue weighted by Gasteiger charge is 2.69. The van der Waals surface area contributed by atoms with E-state index in [1.165, 1.54) is 27.4 Å². The Kier molecular flexibility index (Phi) is 4.64. The molecule has 1 aromatic heterocycles. The van der Waals surface area contributed by atoms with Crippen molar-refractivity contribution in [3.8, 4) is 5.75 Å². The topological polar surface area (TPSA) is 79.5 Å². The fourth-order valence-electron chi connectivity index (χ4n) is 7.29. The molecule has 4 aliphatic rings. The third kappa shape index (κ3) is 2.87. The Labute approximate surface area is 210 Å². The van der Waals surface area contributed by atoms with Crippen molar-refractivity contribution in [3.63, 3.8) is 0 Å². The Balaban J connectivity index is 1.32. The maximum atomic E-state index is 13.8. The molecule has 2 aliphatic carbocycles. The first-order valence-electron chi connectivity index (χ1n) is 11.9. The van der Waals surface area contributed by atoms with E-state index >= 15 is 0 Å². The van der Waals surface area contributed by atoms with Gasteiger partial charge in [-0.2, -0.15) is 0 Å². The van der Waals surface area contributed by atoms with Crippen LogP contribution in [0.25, 0.3) is 0 Å². The zero-order chi connectivity index (χ0) is 24.0. The summed E-state index contributed by atoms with van der Waals surface area (Å²) in [5.41, 5.74) is 3.04. The predicted octanol–water partition coefficient (Wildman–Crippen LogP) is 4.43. The van der Waals surface area contributed by atoms with Crippen LogP contribution in [0.2, 0.25) is 0 Å². The fraction of sp³-hybridized carbons (Fsp3) is 0.370. The van der Waals surface area contributed by atoms with Crippen molar-refractivity contribution in [2.24, 2.45) is 29.6 Å². The number of anilines is 1. The number of H-pyrrole nitrogens is 1. The number of thioether (sulfide) groups is 1. The van der Waals surface area contributed by atoms with Gasteiger partial charge in [-0.25, -0.2) is 0 Å². The Morgan fingerprint density at radius 2 is 1.69 bits per heavy atom. The molecule has 1 N–H and O–H groups in total. The first-order chi connectivity index (χ1) is 17.0. The Bertz CT molecular complexity index is 1430. The number of rotatable bonds is 3. The maximum Gasteiger partial charge on any atom is 0.305 e. The first kappa shape index (κ1) is 21.4. The number of hydrogen-bond donors (Lipinski definition) is 1. The van der Waals surface area contributed by atoms with Crippen molar-refractivity contribution < 1.29 is 14.3 Å². The van der Waals surface area contributed by atoms with Crippen LogP contribution in [0.15, 0.2) is 58.4 Å². The zero-order valence-electron chi connectivity index (χ0n) is 19.3. The van der Waals surface area contributed by atoms with Crippen molar-refractivity contribution in [2.75, 3.05) is 12.0 Å². The fourth-order valence-corrected chi connectivity index (χ4v) is 10.2. The van der Waals surface area contributed by atoms with E-state index < -0.39 is 0 Å². The second kappa shape index (κ2) is 7.58. The SMILES string of the molecule is COc1ccc(N2C(=O)C3C(C2=O)[C@@H]2C[C@H]3C3Sc4[nH]c(=O)sc4C(c4ccccc4C)C32)cc1. The summed E-state index contributed by atoms with van der Waals surface area (Å²) in [6, 6.07) is 15.5. The quantitative estimate of drug-likeness (QED) is 0.534. The number of benzene rings is 2. The van der Waals surface area contributed by atoms with Gasteiger partial charge in [0.2, 0.25) is 11.8 Å². The van der Waals surface area contributed by atoms with E-state index in [0.717, 1.165) is 16.3 Å². The highest BCUT2D eigenvalue weighted by molar-refractivity contribution is 8.00. The molecular weight excluding hydrogens is 480 g/mol. The summed E-state index contributed by atoms with van der Waals surface area (Å²) in [7, 11) is 1.60. The number of nitrogens with one attached hydrogen (secondary N) is 1. The van der Waals surface area contributed by atoms with Gasteiger partial charge in [0.1, 0.15) is 5.75 Å². The number of carbonyl (C=O) groups excluding carboxylic acids is 2. The van der Waals surface area contributed by atoms with E-state index in [-0.39, 0.29) is 57.4 Å². The van der Waals surface area contributed by atoms with Crippen LogP contribution in [-0.2, 0) is 9.59 Å². The first-order valence-corrected chi connectivity index (χ1v) is 13.6. The van der Waals surface area contributed by atoms with Gasteiger partial charge in [0.25, 0.3) is 0 Å². The number of fused-ring (bicyclic) bond motifs is 9. The van der Waals surface area contributed by atoms with Crippen molar-refractivity contribution in [3.05, 3.63) is 74.2 Å². The van der Waals surface area contributed by atoms with Gasteiger partial charge in [-0.1, -0.05) is 35.6 Å². The molecule has 3 fully saturated rings. The molecule has 5 unspecified atom stereocenters. The highest BCUT2D eigenvalue weighted by atomic mass is 32.2. The van der Waals surface area contributed by atoms with Crippen LogP contribution in [0.1, 0.15) is 28.3 Å². The van der Waals surface area contributed by atoms with Crippen molar-refractivity contribution in [1.29, 1.82) is 0 Å². The molecule has 0 spiro atoms. The second-order valence-corrected chi connectivity index (χ2v) is 12.2. The molecular formula is C27H24N2O4S2. The number of thiazole rings is 1. The number of methoxy groups -OCH3 is 1. The number of hydrogen-bond acceptors (Lipinski definition) is 6. The van der Waals surface area contributed by atoms with Gasteiger partial charge in [-0.05, 0) is 66.5 Å². The van der Waals surface area contributed by atoms with E-state index in [4.69, 9.17) is 4.74 Å². The summed E-state index contributed by atoms with van der Waals surface area (Å²) in [5.74, 6) is 0.505. The van der Waals surface area contributed by atoms with Gasteiger partial charge >= 0.3 is 4.87 Å². The van der Waals surface area contributed by atoms with Crippen LogP contribution >= 0.6 is 23.1 Å². The molecule has 7 atom stereocenters. The summed E-state index contributed by atoms with van der Waals surface area (Å²) in [5, 5.41) is 1.15. The molecule has 35 heavy (non-hydrogen) atoms. The van der Waals surface area contributed by atoms with Gasteiger partial charge in [0, 0.05) is 16.0 Å². The highest BCUT2D eigenvalue weighted by Crippen LogP contribution is 2.68. The van der Waals surface area contributed by atoms with Gasteiger partial charge in [0.15, 0.2) is 0 Å². The number of nitrogens with zero attached hydrogens (tertiary/aromatic N) is 1. The van der Waals surface area contributed by atoms with E-state index in [1.807, 2.05) is 6.07 Å². The molecule has 8 heteroatoms. The van der Waals surface area contributed by atoms with E-state index in [1.54, 1.807) is 43.1 Å². The maximum absolute atomic E-state index is 13.8. The molecule has 2 aliphatic heterocycles. The summed E-state index contributed by atoms with van der Waals surface area (Å²) in [6.07, 6.45) is 0.896. The van der Waals surface area contributed by atoms with Crippen LogP contribution in [-0.4, -0.2) is 29.2 Å². The third-order valence-corrected chi connectivity index (χ3v) is 11.2. The molecule has 6 nitrogen and oxygen atoms in total. The predicted molar refractivity (Wildman–Crippen MR) is 135 cm³/mol. The molecule has 7 rings (SSSR count). The average molecular weight is 505 g/mol. The minimum Gasteiger partial charge on any atom is -0.497 e. The third-order valence-electron chi connectivity index (χ3n) is 8.58. The van der Waals surface area contributed by atoms with Gasteiger partial charge < -0.3 is 9.72 Å². The largest absolute Gasteiger partial charge is 0.497 e. The van der Waals surface area contributed by atoms with Crippen molar-refractivity contribution in [1.82, 2.24) is 4.98 Å². The lowest BCUT2D eigenvalue weighted by Gasteiger charge is -2.43.